The first kappa shape index (κ1) is 9.73. The molecule has 1 atom stereocenters. The summed E-state index contributed by atoms with van der Waals surface area (Å²) in [7, 11) is 1.34. The lowest BCUT2D eigenvalue weighted by atomic mass is 10.3. The van der Waals surface area contributed by atoms with Crippen molar-refractivity contribution in [1.82, 2.24) is 9.55 Å². The van der Waals surface area contributed by atoms with Crippen LogP contribution in [0.4, 0.5) is 0 Å². The number of ether oxygens (including phenoxy) is 1. The fraction of sp³-hybridized carbons (Fsp3) is 0.500. The van der Waals surface area contributed by atoms with E-state index in [-0.39, 0.29) is 6.04 Å². The lowest BCUT2D eigenvalue weighted by molar-refractivity contribution is 0.0588. The Morgan fingerprint density at radius 2 is 2.54 bits per heavy atom. The molecule has 1 aromatic rings. The summed E-state index contributed by atoms with van der Waals surface area (Å²) in [6.07, 6.45) is 3.03. The molecule has 0 saturated heterocycles. The summed E-state index contributed by atoms with van der Waals surface area (Å²) in [5, 5.41) is 0. The van der Waals surface area contributed by atoms with E-state index in [0.29, 0.717) is 12.2 Å². The predicted molar refractivity (Wildman–Crippen MR) is 47.2 cm³/mol. The van der Waals surface area contributed by atoms with Gasteiger partial charge in [0.2, 0.25) is 0 Å². The first-order valence-electron chi connectivity index (χ1n) is 3.99. The molecule has 0 aromatic carbocycles. The van der Waals surface area contributed by atoms with Crippen molar-refractivity contribution in [2.24, 2.45) is 5.73 Å². The minimum atomic E-state index is -0.391. The molecule has 1 aromatic heterocycles. The van der Waals surface area contributed by atoms with Gasteiger partial charge in [0, 0.05) is 12.6 Å². The molecule has 13 heavy (non-hydrogen) atoms. The number of carbonyl (C=O) groups is 1. The first-order chi connectivity index (χ1) is 6.15. The Morgan fingerprint density at radius 1 is 1.85 bits per heavy atom. The monoisotopic (exact) mass is 183 g/mol. The standard InChI is InChI=1S/C8H13N3O2/c1-6(9)4-11-5-10-3-7(11)8(12)13-2/h3,5-6H,4,9H2,1-2H3. The molecular weight excluding hydrogens is 170 g/mol. The molecule has 2 N–H and O–H groups in total. The average Bonchev–Trinajstić information content (AvgIpc) is 2.50. The van der Waals surface area contributed by atoms with Crippen LogP contribution in [0.25, 0.3) is 0 Å². The summed E-state index contributed by atoms with van der Waals surface area (Å²) in [5.74, 6) is -0.391. The van der Waals surface area contributed by atoms with E-state index in [9.17, 15) is 4.79 Å². The van der Waals surface area contributed by atoms with Crippen molar-refractivity contribution in [3.05, 3.63) is 18.2 Å². The van der Waals surface area contributed by atoms with Crippen LogP contribution in [0.15, 0.2) is 12.5 Å². The minimum absolute atomic E-state index is 0.0161. The fourth-order valence-corrected chi connectivity index (χ4v) is 1.05. The molecule has 0 spiro atoms. The molecule has 0 amide bonds. The number of aromatic nitrogens is 2. The Balaban J connectivity index is 2.83. The van der Waals surface area contributed by atoms with E-state index in [0.717, 1.165) is 0 Å². The third-order valence-electron chi connectivity index (χ3n) is 1.59. The molecule has 5 nitrogen and oxygen atoms in total. The SMILES string of the molecule is COC(=O)c1cncn1CC(C)N. The zero-order valence-corrected chi connectivity index (χ0v) is 7.73. The lowest BCUT2D eigenvalue weighted by Gasteiger charge is -2.08. The van der Waals surface area contributed by atoms with E-state index in [1.165, 1.54) is 13.3 Å². The minimum Gasteiger partial charge on any atom is -0.464 e. The van der Waals surface area contributed by atoms with Crippen LogP contribution in [0.1, 0.15) is 17.4 Å². The molecule has 0 bridgehead atoms. The van der Waals surface area contributed by atoms with Crippen molar-refractivity contribution in [3.63, 3.8) is 0 Å². The summed E-state index contributed by atoms with van der Waals surface area (Å²) in [6, 6.07) is -0.0161. The number of rotatable bonds is 3. The van der Waals surface area contributed by atoms with E-state index in [4.69, 9.17) is 5.73 Å². The number of hydrogen-bond acceptors (Lipinski definition) is 4. The second kappa shape index (κ2) is 4.04. The summed E-state index contributed by atoms with van der Waals surface area (Å²) in [4.78, 5) is 15.0. The molecule has 0 saturated carbocycles. The molecule has 0 aliphatic heterocycles. The molecule has 5 heteroatoms. The molecule has 0 fully saturated rings. The van der Waals surface area contributed by atoms with Gasteiger partial charge < -0.3 is 15.0 Å². The molecule has 0 aliphatic rings. The van der Waals surface area contributed by atoms with E-state index in [1.807, 2.05) is 6.92 Å². The van der Waals surface area contributed by atoms with Crippen molar-refractivity contribution < 1.29 is 9.53 Å². The van der Waals surface area contributed by atoms with Crippen LogP contribution in [-0.2, 0) is 11.3 Å². The van der Waals surface area contributed by atoms with Crippen LogP contribution >= 0.6 is 0 Å². The summed E-state index contributed by atoms with van der Waals surface area (Å²) in [6.45, 7) is 2.42. The third-order valence-corrected chi connectivity index (χ3v) is 1.59. The summed E-state index contributed by atoms with van der Waals surface area (Å²) < 4.78 is 6.25. The molecule has 0 radical (unpaired) electrons. The smallest absolute Gasteiger partial charge is 0.356 e. The number of nitrogens with two attached hydrogens (primary N) is 1. The molecule has 1 rings (SSSR count). The molecule has 0 aliphatic carbocycles. The van der Waals surface area contributed by atoms with Crippen molar-refractivity contribution in [1.29, 1.82) is 0 Å². The van der Waals surface area contributed by atoms with Gasteiger partial charge in [-0.05, 0) is 6.92 Å². The zero-order chi connectivity index (χ0) is 9.84. The maximum Gasteiger partial charge on any atom is 0.356 e. The van der Waals surface area contributed by atoms with Gasteiger partial charge in [0.1, 0.15) is 5.69 Å². The second-order valence-electron chi connectivity index (χ2n) is 2.90. The van der Waals surface area contributed by atoms with Crippen LogP contribution < -0.4 is 5.73 Å². The Labute approximate surface area is 76.5 Å². The fourth-order valence-electron chi connectivity index (χ4n) is 1.05. The number of carbonyl (C=O) groups excluding carboxylic acids is 1. The zero-order valence-electron chi connectivity index (χ0n) is 7.73. The third kappa shape index (κ3) is 2.29. The maximum atomic E-state index is 11.2. The van der Waals surface area contributed by atoms with Crippen LogP contribution in [-0.4, -0.2) is 28.7 Å². The van der Waals surface area contributed by atoms with E-state index in [2.05, 4.69) is 9.72 Å². The van der Waals surface area contributed by atoms with Crippen LogP contribution in [0.5, 0.6) is 0 Å². The van der Waals surface area contributed by atoms with Gasteiger partial charge >= 0.3 is 5.97 Å². The van der Waals surface area contributed by atoms with Gasteiger partial charge in [-0.25, -0.2) is 9.78 Å². The summed E-state index contributed by atoms with van der Waals surface area (Å²) >= 11 is 0. The van der Waals surface area contributed by atoms with Gasteiger partial charge in [-0.1, -0.05) is 0 Å². The highest BCUT2D eigenvalue weighted by molar-refractivity contribution is 5.87. The Morgan fingerprint density at radius 3 is 3.08 bits per heavy atom. The van der Waals surface area contributed by atoms with Crippen LogP contribution in [0, 0.1) is 0 Å². The highest BCUT2D eigenvalue weighted by atomic mass is 16.5. The average molecular weight is 183 g/mol. The molecular formula is C8H13N3O2. The molecule has 1 heterocycles. The topological polar surface area (TPSA) is 70.1 Å². The normalized spacial score (nSPS) is 12.5. The Hall–Kier alpha value is -1.36. The highest BCUT2D eigenvalue weighted by Gasteiger charge is 2.11. The van der Waals surface area contributed by atoms with Crippen molar-refractivity contribution in [2.45, 2.75) is 19.5 Å². The Bertz CT molecular complexity index is 293. The van der Waals surface area contributed by atoms with Gasteiger partial charge in [-0.3, -0.25) is 0 Å². The lowest BCUT2D eigenvalue weighted by Crippen LogP contribution is -2.24. The number of methoxy groups -OCH3 is 1. The van der Waals surface area contributed by atoms with E-state index >= 15 is 0 Å². The number of hydrogen-bond donors (Lipinski definition) is 1. The van der Waals surface area contributed by atoms with Gasteiger partial charge in [-0.15, -0.1) is 0 Å². The van der Waals surface area contributed by atoms with Gasteiger partial charge in [0.15, 0.2) is 0 Å². The van der Waals surface area contributed by atoms with E-state index in [1.54, 1.807) is 10.9 Å². The molecule has 1 unspecified atom stereocenters. The Kier molecular flexibility index (Phi) is 3.02. The van der Waals surface area contributed by atoms with Gasteiger partial charge in [-0.2, -0.15) is 0 Å². The van der Waals surface area contributed by atoms with Crippen molar-refractivity contribution >= 4 is 5.97 Å². The van der Waals surface area contributed by atoms with Crippen LogP contribution in [0.3, 0.4) is 0 Å². The summed E-state index contributed by atoms with van der Waals surface area (Å²) in [5.41, 5.74) is 6.02. The molecule has 72 valence electrons. The number of esters is 1. The van der Waals surface area contributed by atoms with Crippen molar-refractivity contribution in [3.8, 4) is 0 Å². The second-order valence-corrected chi connectivity index (χ2v) is 2.90. The van der Waals surface area contributed by atoms with Gasteiger partial charge in [0.05, 0.1) is 19.6 Å². The maximum absolute atomic E-state index is 11.2. The number of nitrogens with zero attached hydrogens (tertiary/aromatic N) is 2. The number of imidazole rings is 1. The highest BCUT2D eigenvalue weighted by Crippen LogP contribution is 2.01. The predicted octanol–water partition coefficient (Wildman–Crippen LogP) is 0.0169. The van der Waals surface area contributed by atoms with Crippen molar-refractivity contribution in [2.75, 3.05) is 7.11 Å². The largest absolute Gasteiger partial charge is 0.464 e. The quantitative estimate of drug-likeness (QED) is 0.670. The first-order valence-corrected chi connectivity index (χ1v) is 3.99. The van der Waals surface area contributed by atoms with Gasteiger partial charge in [0.25, 0.3) is 0 Å². The van der Waals surface area contributed by atoms with Crippen LogP contribution in [0.2, 0.25) is 0 Å². The van der Waals surface area contributed by atoms with E-state index < -0.39 is 5.97 Å².